The van der Waals surface area contributed by atoms with Gasteiger partial charge >= 0.3 is 0 Å². The summed E-state index contributed by atoms with van der Waals surface area (Å²) in [4.78, 5) is 16.0. The smallest absolute Gasteiger partial charge is 0.251 e. The molecule has 0 atom stereocenters. The van der Waals surface area contributed by atoms with Crippen LogP contribution in [0.25, 0.3) is 0 Å². The van der Waals surface area contributed by atoms with Crippen molar-refractivity contribution in [3.05, 3.63) is 35.9 Å². The van der Waals surface area contributed by atoms with Gasteiger partial charge in [-0.25, -0.2) is 0 Å². The molecule has 0 aliphatic carbocycles. The molecule has 130 valence electrons. The normalized spacial score (nSPS) is 11.4. The van der Waals surface area contributed by atoms with Crippen LogP contribution in [-0.4, -0.2) is 49.6 Å². The van der Waals surface area contributed by atoms with Gasteiger partial charge in [0.2, 0.25) is 0 Å². The molecule has 1 rings (SSSR count). The molecule has 0 saturated heterocycles. The summed E-state index contributed by atoms with van der Waals surface area (Å²) in [5.74, 6) is 0.685. The highest BCUT2D eigenvalue weighted by atomic mass is 127. The maximum atomic E-state index is 11.9. The molecular weight excluding hydrogens is 423 g/mol. The number of nitrogens with one attached hydrogen (secondary N) is 3. The zero-order chi connectivity index (χ0) is 16.4. The van der Waals surface area contributed by atoms with Gasteiger partial charge in [0.05, 0.1) is 0 Å². The van der Waals surface area contributed by atoms with Crippen LogP contribution < -0.4 is 16.0 Å². The summed E-state index contributed by atoms with van der Waals surface area (Å²) in [6, 6.07) is 9.20. The van der Waals surface area contributed by atoms with E-state index in [4.69, 9.17) is 0 Å². The predicted octanol–water partition coefficient (Wildman–Crippen LogP) is 2.34. The first kappa shape index (κ1) is 22.0. The molecule has 0 heterocycles. The van der Waals surface area contributed by atoms with Crippen LogP contribution in [0.2, 0.25) is 0 Å². The summed E-state index contributed by atoms with van der Waals surface area (Å²) in [6.45, 7) is 6.35. The van der Waals surface area contributed by atoms with Crippen LogP contribution >= 0.6 is 35.7 Å². The minimum atomic E-state index is -0.0612. The van der Waals surface area contributed by atoms with Crippen molar-refractivity contribution in [2.45, 2.75) is 18.6 Å². The molecule has 0 radical (unpaired) electrons. The largest absolute Gasteiger partial charge is 0.355 e. The molecular formula is C16H27IN4OS. The van der Waals surface area contributed by atoms with Crippen LogP contribution in [-0.2, 0) is 0 Å². The minimum absolute atomic E-state index is 0. The molecule has 5 nitrogen and oxygen atoms in total. The van der Waals surface area contributed by atoms with E-state index < -0.39 is 0 Å². The fourth-order valence-electron chi connectivity index (χ4n) is 1.64. The second-order valence-corrected chi connectivity index (χ2v) is 6.95. The highest BCUT2D eigenvalue weighted by Crippen LogP contribution is 2.19. The summed E-state index contributed by atoms with van der Waals surface area (Å²) < 4.78 is 0.152. The van der Waals surface area contributed by atoms with Crippen LogP contribution in [0.1, 0.15) is 24.2 Å². The number of amides is 1. The zero-order valence-electron chi connectivity index (χ0n) is 14.2. The zero-order valence-corrected chi connectivity index (χ0v) is 17.3. The number of halogens is 1. The molecule has 0 aliphatic heterocycles. The van der Waals surface area contributed by atoms with Gasteiger partial charge in [0, 0.05) is 37.0 Å². The van der Waals surface area contributed by atoms with E-state index in [0.717, 1.165) is 12.5 Å². The number of guanidine groups is 1. The number of nitrogens with zero attached hydrogens (tertiary/aromatic N) is 1. The number of thioether (sulfide) groups is 1. The Hall–Kier alpha value is -0.960. The lowest BCUT2D eigenvalue weighted by Crippen LogP contribution is -2.45. The van der Waals surface area contributed by atoms with Crippen molar-refractivity contribution in [2.24, 2.45) is 4.99 Å². The van der Waals surface area contributed by atoms with Crippen molar-refractivity contribution in [3.8, 4) is 0 Å². The Bertz CT molecular complexity index is 494. The van der Waals surface area contributed by atoms with Crippen molar-refractivity contribution >= 4 is 47.6 Å². The third kappa shape index (κ3) is 9.04. The van der Waals surface area contributed by atoms with E-state index in [2.05, 4.69) is 41.0 Å². The minimum Gasteiger partial charge on any atom is -0.355 e. The second-order valence-electron chi connectivity index (χ2n) is 5.44. The summed E-state index contributed by atoms with van der Waals surface area (Å²) in [5.41, 5.74) is 0.673. The van der Waals surface area contributed by atoms with E-state index in [1.807, 2.05) is 30.0 Å². The van der Waals surface area contributed by atoms with Crippen molar-refractivity contribution in [1.82, 2.24) is 16.0 Å². The Morgan fingerprint density at radius 2 is 1.74 bits per heavy atom. The van der Waals surface area contributed by atoms with E-state index in [0.29, 0.717) is 18.7 Å². The van der Waals surface area contributed by atoms with Crippen LogP contribution in [0.3, 0.4) is 0 Å². The number of carbonyl (C=O) groups excluding carboxylic acids is 1. The Kier molecular flexibility index (Phi) is 11.1. The predicted molar refractivity (Wildman–Crippen MR) is 111 cm³/mol. The maximum absolute atomic E-state index is 11.9. The summed E-state index contributed by atoms with van der Waals surface area (Å²) in [7, 11) is 1.74. The summed E-state index contributed by atoms with van der Waals surface area (Å²) in [5, 5.41) is 9.35. The molecule has 3 N–H and O–H groups in total. The number of rotatable bonds is 7. The van der Waals surface area contributed by atoms with E-state index in [-0.39, 0.29) is 34.6 Å². The molecule has 1 amide bonds. The fraction of sp³-hybridized carbons (Fsp3) is 0.500. The summed E-state index contributed by atoms with van der Waals surface area (Å²) in [6.07, 6.45) is 2.09. The Morgan fingerprint density at radius 3 is 2.30 bits per heavy atom. The van der Waals surface area contributed by atoms with Gasteiger partial charge in [-0.05, 0) is 32.2 Å². The second kappa shape index (κ2) is 11.6. The SMILES string of the molecule is CN=C(NCCNC(=O)c1ccccc1)NCC(C)(C)SC.I. The van der Waals surface area contributed by atoms with Gasteiger partial charge < -0.3 is 16.0 Å². The lowest BCUT2D eigenvalue weighted by Gasteiger charge is -2.23. The lowest BCUT2D eigenvalue weighted by molar-refractivity contribution is 0.0954. The van der Waals surface area contributed by atoms with Crippen molar-refractivity contribution in [1.29, 1.82) is 0 Å². The van der Waals surface area contributed by atoms with Crippen LogP contribution in [0.5, 0.6) is 0 Å². The van der Waals surface area contributed by atoms with E-state index in [1.54, 1.807) is 19.2 Å². The molecule has 0 unspecified atom stereocenters. The number of aliphatic imine (C=N–C) groups is 1. The highest BCUT2D eigenvalue weighted by molar-refractivity contribution is 14.0. The van der Waals surface area contributed by atoms with Gasteiger partial charge in [-0.3, -0.25) is 9.79 Å². The average Bonchev–Trinajstić information content (AvgIpc) is 2.54. The molecule has 7 heteroatoms. The Labute approximate surface area is 160 Å². The topological polar surface area (TPSA) is 65.5 Å². The molecule has 1 aromatic carbocycles. The molecule has 0 bridgehead atoms. The van der Waals surface area contributed by atoms with E-state index >= 15 is 0 Å². The van der Waals surface area contributed by atoms with Crippen molar-refractivity contribution in [3.63, 3.8) is 0 Å². The van der Waals surface area contributed by atoms with Crippen LogP contribution in [0, 0.1) is 0 Å². The summed E-state index contributed by atoms with van der Waals surface area (Å²) >= 11 is 1.81. The quantitative estimate of drug-likeness (QED) is 0.258. The van der Waals surface area contributed by atoms with Crippen molar-refractivity contribution < 1.29 is 4.79 Å². The van der Waals surface area contributed by atoms with Crippen LogP contribution in [0.4, 0.5) is 0 Å². The molecule has 0 aromatic heterocycles. The molecule has 0 saturated carbocycles. The third-order valence-corrected chi connectivity index (χ3v) is 4.45. The van der Waals surface area contributed by atoms with E-state index in [9.17, 15) is 4.79 Å². The molecule has 0 fully saturated rings. The van der Waals surface area contributed by atoms with E-state index in [1.165, 1.54) is 0 Å². The Balaban J connectivity index is 0.00000484. The molecule has 23 heavy (non-hydrogen) atoms. The van der Waals surface area contributed by atoms with Crippen molar-refractivity contribution in [2.75, 3.05) is 32.9 Å². The van der Waals surface area contributed by atoms with Gasteiger partial charge in [-0.1, -0.05) is 18.2 Å². The first-order valence-corrected chi connectivity index (χ1v) is 8.54. The fourth-order valence-corrected chi connectivity index (χ4v) is 1.85. The Morgan fingerprint density at radius 1 is 1.13 bits per heavy atom. The monoisotopic (exact) mass is 450 g/mol. The van der Waals surface area contributed by atoms with Gasteiger partial charge in [0.15, 0.2) is 5.96 Å². The third-order valence-electron chi connectivity index (χ3n) is 3.20. The first-order valence-electron chi connectivity index (χ1n) is 7.31. The van der Waals surface area contributed by atoms with Gasteiger partial charge in [0.1, 0.15) is 0 Å². The molecule has 0 spiro atoms. The number of hydrogen-bond acceptors (Lipinski definition) is 3. The van der Waals surface area contributed by atoms with Gasteiger partial charge in [-0.2, -0.15) is 11.8 Å². The molecule has 0 aliphatic rings. The average molecular weight is 450 g/mol. The number of hydrogen-bond donors (Lipinski definition) is 3. The number of benzene rings is 1. The first-order chi connectivity index (χ1) is 10.5. The lowest BCUT2D eigenvalue weighted by atomic mass is 10.2. The van der Waals surface area contributed by atoms with Crippen LogP contribution in [0.15, 0.2) is 35.3 Å². The van der Waals surface area contributed by atoms with Gasteiger partial charge in [-0.15, -0.1) is 24.0 Å². The van der Waals surface area contributed by atoms with Gasteiger partial charge in [0.25, 0.3) is 5.91 Å². The standard InChI is InChI=1S/C16H26N4OS.HI/c1-16(2,22-4)12-20-15(17-3)19-11-10-18-14(21)13-8-6-5-7-9-13;/h5-9H,10-12H2,1-4H3,(H,18,21)(H2,17,19,20);1H. The number of carbonyl (C=O) groups is 1. The maximum Gasteiger partial charge on any atom is 0.251 e. The molecule has 1 aromatic rings. The highest BCUT2D eigenvalue weighted by Gasteiger charge is 2.15.